The summed E-state index contributed by atoms with van der Waals surface area (Å²) in [6.45, 7) is 3.00. The van der Waals surface area contributed by atoms with Crippen LogP contribution in [0.1, 0.15) is 23.1 Å². The number of hydrogen-bond donors (Lipinski definition) is 1. The maximum Gasteiger partial charge on any atom is 0.339 e. The Morgan fingerprint density at radius 3 is 3.06 bits per heavy atom. The zero-order chi connectivity index (χ0) is 13.0. The van der Waals surface area contributed by atoms with Gasteiger partial charge < -0.3 is 14.4 Å². The molecular weight excluding hydrogens is 234 g/mol. The van der Waals surface area contributed by atoms with E-state index < -0.39 is 5.97 Å². The summed E-state index contributed by atoms with van der Waals surface area (Å²) in [5.74, 6) is -0.0421. The van der Waals surface area contributed by atoms with Crippen molar-refractivity contribution >= 4 is 5.97 Å². The molecule has 18 heavy (non-hydrogen) atoms. The molecule has 0 radical (unpaired) electrons. The number of rotatable bonds is 5. The van der Waals surface area contributed by atoms with Crippen LogP contribution >= 0.6 is 0 Å². The van der Waals surface area contributed by atoms with Crippen molar-refractivity contribution in [3.63, 3.8) is 0 Å². The van der Waals surface area contributed by atoms with Crippen molar-refractivity contribution in [3.05, 3.63) is 42.2 Å². The van der Waals surface area contributed by atoms with Crippen LogP contribution in [0.4, 0.5) is 0 Å². The van der Waals surface area contributed by atoms with Crippen molar-refractivity contribution in [3.8, 4) is 5.75 Å². The minimum Gasteiger partial charge on any atom is -0.483 e. The normalized spacial score (nSPS) is 10.3. The van der Waals surface area contributed by atoms with E-state index in [4.69, 9.17) is 9.84 Å². The number of aromatic carboxylic acids is 1. The summed E-state index contributed by atoms with van der Waals surface area (Å²) < 4.78 is 7.39. The van der Waals surface area contributed by atoms with Crippen LogP contribution in [-0.4, -0.2) is 25.6 Å². The van der Waals surface area contributed by atoms with E-state index in [1.165, 1.54) is 18.5 Å². The molecule has 0 aliphatic heterocycles. The minimum absolute atomic E-state index is 0.0969. The molecule has 0 saturated carbocycles. The molecule has 6 nitrogen and oxygen atoms in total. The van der Waals surface area contributed by atoms with Crippen LogP contribution in [0.3, 0.4) is 0 Å². The zero-order valence-corrected chi connectivity index (χ0v) is 9.91. The number of aromatic nitrogens is 3. The van der Waals surface area contributed by atoms with E-state index >= 15 is 0 Å². The van der Waals surface area contributed by atoms with E-state index in [-0.39, 0.29) is 17.9 Å². The molecule has 0 aliphatic rings. The zero-order valence-electron chi connectivity index (χ0n) is 9.91. The second-order valence-electron chi connectivity index (χ2n) is 3.60. The van der Waals surface area contributed by atoms with E-state index in [2.05, 4.69) is 9.97 Å². The van der Waals surface area contributed by atoms with Crippen molar-refractivity contribution < 1.29 is 14.6 Å². The lowest BCUT2D eigenvalue weighted by atomic mass is 10.2. The smallest absolute Gasteiger partial charge is 0.339 e. The number of pyridine rings is 1. The van der Waals surface area contributed by atoms with Gasteiger partial charge in [0.05, 0.1) is 6.20 Å². The van der Waals surface area contributed by atoms with Crippen LogP contribution in [0, 0.1) is 0 Å². The summed E-state index contributed by atoms with van der Waals surface area (Å²) in [6.07, 6.45) is 6.34. The molecular formula is C12H13N3O3. The molecule has 0 bridgehead atoms. The molecule has 0 amide bonds. The summed E-state index contributed by atoms with van der Waals surface area (Å²) in [7, 11) is 0. The van der Waals surface area contributed by atoms with Gasteiger partial charge in [0, 0.05) is 25.1 Å². The highest BCUT2D eigenvalue weighted by atomic mass is 16.5. The first-order chi connectivity index (χ1) is 8.72. The molecule has 94 valence electrons. The van der Waals surface area contributed by atoms with Crippen molar-refractivity contribution in [2.45, 2.75) is 20.1 Å². The highest BCUT2D eigenvalue weighted by Gasteiger charge is 2.11. The van der Waals surface area contributed by atoms with Crippen LogP contribution in [0.5, 0.6) is 5.75 Å². The van der Waals surface area contributed by atoms with Gasteiger partial charge in [-0.05, 0) is 13.0 Å². The number of aryl methyl sites for hydroxylation is 1. The van der Waals surface area contributed by atoms with Crippen molar-refractivity contribution in [1.82, 2.24) is 14.5 Å². The Hall–Kier alpha value is -2.37. The number of carbonyl (C=O) groups is 1. The van der Waals surface area contributed by atoms with Gasteiger partial charge in [0.2, 0.25) is 0 Å². The van der Waals surface area contributed by atoms with E-state index in [1.54, 1.807) is 6.20 Å². The van der Waals surface area contributed by atoms with Gasteiger partial charge >= 0.3 is 5.97 Å². The molecule has 1 N–H and O–H groups in total. The fourth-order valence-electron chi connectivity index (χ4n) is 1.58. The third-order valence-electron chi connectivity index (χ3n) is 2.51. The molecule has 2 heterocycles. The molecule has 0 spiro atoms. The van der Waals surface area contributed by atoms with E-state index in [0.29, 0.717) is 0 Å². The van der Waals surface area contributed by atoms with Crippen LogP contribution in [-0.2, 0) is 13.2 Å². The largest absolute Gasteiger partial charge is 0.483 e. The number of nitrogens with zero attached hydrogens (tertiary/aromatic N) is 3. The summed E-state index contributed by atoms with van der Waals surface area (Å²) in [5, 5.41) is 9.00. The molecule has 6 heteroatoms. The third-order valence-corrected chi connectivity index (χ3v) is 2.51. The Morgan fingerprint density at radius 1 is 1.50 bits per heavy atom. The summed E-state index contributed by atoms with van der Waals surface area (Å²) in [4.78, 5) is 19.0. The van der Waals surface area contributed by atoms with Gasteiger partial charge in [-0.1, -0.05) is 0 Å². The van der Waals surface area contributed by atoms with Gasteiger partial charge in [-0.3, -0.25) is 4.98 Å². The van der Waals surface area contributed by atoms with Crippen molar-refractivity contribution in [2.24, 2.45) is 0 Å². The lowest BCUT2D eigenvalue weighted by molar-refractivity contribution is 0.0691. The average molecular weight is 247 g/mol. The van der Waals surface area contributed by atoms with E-state index in [0.717, 1.165) is 12.4 Å². The predicted octanol–water partition coefficient (Wildman–Crippen LogP) is 1.58. The number of carboxylic acid groups (broad SMARTS) is 1. The average Bonchev–Trinajstić information content (AvgIpc) is 2.84. The lowest BCUT2D eigenvalue weighted by Gasteiger charge is -2.09. The summed E-state index contributed by atoms with van der Waals surface area (Å²) in [5.41, 5.74) is 0.0969. The van der Waals surface area contributed by atoms with Crippen LogP contribution < -0.4 is 4.74 Å². The Kier molecular flexibility index (Phi) is 3.57. The van der Waals surface area contributed by atoms with Gasteiger partial charge in [0.1, 0.15) is 18.0 Å². The number of carboxylic acids is 1. The SMILES string of the molecule is CCn1ccnc1COc1cnccc1C(=O)O. The van der Waals surface area contributed by atoms with Crippen molar-refractivity contribution in [2.75, 3.05) is 0 Å². The van der Waals surface area contributed by atoms with Gasteiger partial charge in [0.15, 0.2) is 5.75 Å². The number of hydrogen-bond acceptors (Lipinski definition) is 4. The molecule has 0 aliphatic carbocycles. The second-order valence-corrected chi connectivity index (χ2v) is 3.60. The Bertz CT molecular complexity index is 551. The summed E-state index contributed by atoms with van der Waals surface area (Å²) in [6, 6.07) is 1.41. The maximum absolute atomic E-state index is 11.0. The fourth-order valence-corrected chi connectivity index (χ4v) is 1.58. The van der Waals surface area contributed by atoms with Crippen LogP contribution in [0.15, 0.2) is 30.9 Å². The molecule has 0 aromatic carbocycles. The first-order valence-electron chi connectivity index (χ1n) is 5.52. The minimum atomic E-state index is -1.04. The lowest BCUT2D eigenvalue weighted by Crippen LogP contribution is -2.08. The van der Waals surface area contributed by atoms with Crippen LogP contribution in [0.2, 0.25) is 0 Å². The first kappa shape index (κ1) is 12.1. The van der Waals surface area contributed by atoms with E-state index in [9.17, 15) is 4.79 Å². The van der Waals surface area contributed by atoms with Gasteiger partial charge in [-0.25, -0.2) is 9.78 Å². The molecule has 2 rings (SSSR count). The number of imidazole rings is 1. The number of ether oxygens (including phenoxy) is 1. The fraction of sp³-hybridized carbons (Fsp3) is 0.250. The molecule has 0 saturated heterocycles. The molecule has 0 fully saturated rings. The second kappa shape index (κ2) is 5.31. The van der Waals surface area contributed by atoms with E-state index in [1.807, 2.05) is 17.7 Å². The van der Waals surface area contributed by atoms with Gasteiger partial charge in [-0.2, -0.15) is 0 Å². The first-order valence-corrected chi connectivity index (χ1v) is 5.52. The topological polar surface area (TPSA) is 77.2 Å². The highest BCUT2D eigenvalue weighted by Crippen LogP contribution is 2.17. The molecule has 0 unspecified atom stereocenters. The Balaban J connectivity index is 2.13. The highest BCUT2D eigenvalue weighted by molar-refractivity contribution is 5.90. The monoisotopic (exact) mass is 247 g/mol. The van der Waals surface area contributed by atoms with Crippen molar-refractivity contribution in [1.29, 1.82) is 0 Å². The molecule has 0 atom stereocenters. The summed E-state index contributed by atoms with van der Waals surface area (Å²) >= 11 is 0. The Morgan fingerprint density at radius 2 is 2.33 bits per heavy atom. The standard InChI is InChI=1S/C12H13N3O3/c1-2-15-6-5-14-11(15)8-18-10-7-13-4-3-9(10)12(16)17/h3-7H,2,8H2,1H3,(H,16,17). The molecule has 2 aromatic rings. The quantitative estimate of drug-likeness (QED) is 0.867. The Labute approximate surface area is 104 Å². The molecule has 2 aromatic heterocycles. The van der Waals surface area contributed by atoms with Gasteiger partial charge in [0.25, 0.3) is 0 Å². The van der Waals surface area contributed by atoms with Gasteiger partial charge in [-0.15, -0.1) is 0 Å². The van der Waals surface area contributed by atoms with Crippen LogP contribution in [0.25, 0.3) is 0 Å². The third kappa shape index (κ3) is 2.48. The predicted molar refractivity (Wildman–Crippen MR) is 63.4 cm³/mol. The maximum atomic E-state index is 11.0.